The van der Waals surface area contributed by atoms with Crippen molar-refractivity contribution in [3.8, 4) is 0 Å². The molecular formula is C25H55B2NO2. The Morgan fingerprint density at radius 3 is 1.57 bits per heavy atom. The normalized spacial score (nSPS) is 16.3. The molecule has 30 heavy (non-hydrogen) atoms. The zero-order chi connectivity index (χ0) is 24.1. The fraction of sp³-hybridized carbons (Fsp3) is 1.00. The summed E-state index contributed by atoms with van der Waals surface area (Å²) in [7, 11) is 2.32. The van der Waals surface area contributed by atoms with Crippen LogP contribution in [0.5, 0.6) is 0 Å². The lowest BCUT2D eigenvalue weighted by molar-refractivity contribution is -0.0924. The highest BCUT2D eigenvalue weighted by molar-refractivity contribution is 6.43. The van der Waals surface area contributed by atoms with E-state index >= 15 is 0 Å². The summed E-state index contributed by atoms with van der Waals surface area (Å²) in [6.45, 7) is 30.9. The Morgan fingerprint density at radius 1 is 0.633 bits per heavy atom. The summed E-state index contributed by atoms with van der Waals surface area (Å²) in [6, 6.07) is 0. The molecule has 1 unspecified atom stereocenters. The molecule has 0 fully saturated rings. The van der Waals surface area contributed by atoms with E-state index in [0.717, 1.165) is 46.1 Å². The van der Waals surface area contributed by atoms with Crippen LogP contribution in [0.3, 0.4) is 0 Å². The maximum absolute atomic E-state index is 6.46. The van der Waals surface area contributed by atoms with E-state index in [1.165, 1.54) is 7.28 Å². The van der Waals surface area contributed by atoms with Crippen LogP contribution >= 0.6 is 0 Å². The van der Waals surface area contributed by atoms with Crippen LogP contribution in [0.1, 0.15) is 109 Å². The molecule has 0 saturated carbocycles. The van der Waals surface area contributed by atoms with Gasteiger partial charge < -0.3 is 15.2 Å². The Morgan fingerprint density at radius 2 is 1.10 bits per heavy atom. The van der Waals surface area contributed by atoms with Crippen LogP contribution in [-0.2, 0) is 9.47 Å². The van der Waals surface area contributed by atoms with E-state index in [-0.39, 0.29) is 21.6 Å². The zero-order valence-corrected chi connectivity index (χ0v) is 23.1. The van der Waals surface area contributed by atoms with Crippen molar-refractivity contribution in [2.45, 2.75) is 143 Å². The summed E-state index contributed by atoms with van der Waals surface area (Å²) >= 11 is 0. The summed E-state index contributed by atoms with van der Waals surface area (Å²) in [5.41, 5.74) is 5.94. The molecule has 0 aromatic rings. The second-order valence-corrected chi connectivity index (χ2v) is 14.2. The zero-order valence-electron chi connectivity index (χ0n) is 23.1. The van der Waals surface area contributed by atoms with Crippen molar-refractivity contribution in [3.63, 3.8) is 0 Å². The average Bonchev–Trinajstić information content (AvgIpc) is 2.41. The maximum atomic E-state index is 6.46. The Hall–Kier alpha value is 0.00987. The Kier molecular flexibility index (Phi) is 10.8. The quantitative estimate of drug-likeness (QED) is 0.268. The highest BCUT2D eigenvalue weighted by atomic mass is 16.5. The Balaban J connectivity index is 4.32. The van der Waals surface area contributed by atoms with E-state index in [1.54, 1.807) is 0 Å². The van der Waals surface area contributed by atoms with Crippen LogP contribution < -0.4 is 5.73 Å². The summed E-state index contributed by atoms with van der Waals surface area (Å²) in [5, 5.41) is 0.864. The van der Waals surface area contributed by atoms with Crippen molar-refractivity contribution < 1.29 is 9.47 Å². The van der Waals surface area contributed by atoms with Crippen molar-refractivity contribution >= 4 is 14.6 Å². The second kappa shape index (κ2) is 10.8. The van der Waals surface area contributed by atoms with Gasteiger partial charge in [-0.3, -0.25) is 0 Å². The fourth-order valence-electron chi connectivity index (χ4n) is 4.00. The molecule has 0 heterocycles. The van der Waals surface area contributed by atoms with Gasteiger partial charge in [-0.1, -0.05) is 91.5 Å². The van der Waals surface area contributed by atoms with Gasteiger partial charge in [-0.05, 0) is 45.4 Å². The van der Waals surface area contributed by atoms with E-state index in [0.29, 0.717) is 5.31 Å². The molecule has 0 spiro atoms. The molecule has 2 N–H and O–H groups in total. The van der Waals surface area contributed by atoms with Crippen LogP contribution in [0.25, 0.3) is 0 Å². The lowest BCUT2D eigenvalue weighted by Crippen LogP contribution is -2.41. The van der Waals surface area contributed by atoms with E-state index < -0.39 is 5.72 Å². The van der Waals surface area contributed by atoms with Gasteiger partial charge in [0.25, 0.3) is 0 Å². The first kappa shape index (κ1) is 30.0. The standard InChI is InChI=1S/C25H55B2NO2/c1-20(2,3)24(11,12)29-18-15-22(7,8)26-17-14-25(13,28)30-19-16-23(9,10)27-21(4,5)6/h26-27H,14-19,28H2,1-13H3. The highest BCUT2D eigenvalue weighted by Crippen LogP contribution is 2.38. The summed E-state index contributed by atoms with van der Waals surface area (Å²) in [6.07, 6.45) is 4.08. The molecule has 0 aliphatic rings. The summed E-state index contributed by atoms with van der Waals surface area (Å²) in [4.78, 5) is 0. The SMILES string of the molecule is CC(C)(C)BC(C)(C)CCOC(C)(N)CCBC(C)(C)CCOC(C)(C)C(C)(C)C. The Bertz CT molecular complexity index is 500. The number of nitrogens with two attached hydrogens (primary N) is 1. The van der Waals surface area contributed by atoms with Gasteiger partial charge in [0, 0.05) is 13.2 Å². The summed E-state index contributed by atoms with van der Waals surface area (Å²) in [5.74, 6) is 0. The van der Waals surface area contributed by atoms with Crippen LogP contribution in [0.15, 0.2) is 0 Å². The van der Waals surface area contributed by atoms with Gasteiger partial charge in [0.2, 0.25) is 0 Å². The molecular weight excluding hydrogens is 368 g/mol. The lowest BCUT2D eigenvalue weighted by Gasteiger charge is -2.39. The monoisotopic (exact) mass is 423 g/mol. The molecule has 0 aliphatic carbocycles. The molecule has 0 radical (unpaired) electrons. The number of hydrogen-bond acceptors (Lipinski definition) is 3. The molecule has 0 aromatic carbocycles. The first-order valence-electron chi connectivity index (χ1n) is 12.1. The third kappa shape index (κ3) is 13.4. The average molecular weight is 423 g/mol. The van der Waals surface area contributed by atoms with E-state index in [2.05, 4.69) is 83.1 Å². The predicted octanol–water partition coefficient (Wildman–Crippen LogP) is 6.60. The minimum absolute atomic E-state index is 0.118. The number of hydrogen-bond donors (Lipinski definition) is 1. The fourth-order valence-corrected chi connectivity index (χ4v) is 4.00. The highest BCUT2D eigenvalue weighted by Gasteiger charge is 2.34. The maximum Gasteiger partial charge on any atom is 0.133 e. The number of rotatable bonds is 13. The first-order valence-corrected chi connectivity index (χ1v) is 12.1. The Labute approximate surface area is 191 Å². The minimum atomic E-state index is -0.543. The second-order valence-electron chi connectivity index (χ2n) is 14.2. The van der Waals surface area contributed by atoms with Gasteiger partial charge in [-0.25, -0.2) is 0 Å². The van der Waals surface area contributed by atoms with Crippen molar-refractivity contribution in [1.29, 1.82) is 0 Å². The topological polar surface area (TPSA) is 44.5 Å². The van der Waals surface area contributed by atoms with Crippen LogP contribution in [-0.4, -0.2) is 39.1 Å². The number of ether oxygens (including phenoxy) is 2. The van der Waals surface area contributed by atoms with E-state index in [1.807, 2.05) is 6.92 Å². The van der Waals surface area contributed by atoms with Crippen LogP contribution in [0.4, 0.5) is 0 Å². The molecule has 0 rings (SSSR count). The van der Waals surface area contributed by atoms with Gasteiger partial charge in [0.05, 0.1) is 5.60 Å². The molecule has 178 valence electrons. The molecule has 1 atom stereocenters. The van der Waals surface area contributed by atoms with Gasteiger partial charge in [0.1, 0.15) is 20.3 Å². The third-order valence-electron chi connectivity index (χ3n) is 6.79. The van der Waals surface area contributed by atoms with E-state index in [4.69, 9.17) is 15.2 Å². The van der Waals surface area contributed by atoms with Gasteiger partial charge in [-0.2, -0.15) is 0 Å². The van der Waals surface area contributed by atoms with Crippen LogP contribution in [0.2, 0.25) is 22.3 Å². The van der Waals surface area contributed by atoms with Gasteiger partial charge >= 0.3 is 0 Å². The smallest absolute Gasteiger partial charge is 0.133 e. The van der Waals surface area contributed by atoms with Gasteiger partial charge in [0.15, 0.2) is 0 Å². The van der Waals surface area contributed by atoms with Gasteiger partial charge in [-0.15, -0.1) is 0 Å². The third-order valence-corrected chi connectivity index (χ3v) is 6.79. The molecule has 0 amide bonds. The molecule has 0 saturated heterocycles. The largest absolute Gasteiger partial charge is 0.375 e. The molecule has 0 bridgehead atoms. The summed E-state index contributed by atoms with van der Waals surface area (Å²) < 4.78 is 12.4. The van der Waals surface area contributed by atoms with Crippen molar-refractivity contribution in [1.82, 2.24) is 0 Å². The first-order chi connectivity index (χ1) is 13.1. The van der Waals surface area contributed by atoms with Crippen molar-refractivity contribution in [2.75, 3.05) is 13.2 Å². The van der Waals surface area contributed by atoms with Crippen molar-refractivity contribution in [3.05, 3.63) is 0 Å². The minimum Gasteiger partial charge on any atom is -0.375 e. The lowest BCUT2D eigenvalue weighted by atomic mass is 9.41. The van der Waals surface area contributed by atoms with E-state index in [9.17, 15) is 0 Å². The molecule has 0 aliphatic heterocycles. The molecule has 5 heteroatoms. The molecule has 3 nitrogen and oxygen atoms in total. The van der Waals surface area contributed by atoms with Crippen molar-refractivity contribution in [2.24, 2.45) is 11.1 Å². The molecule has 0 aromatic heterocycles. The predicted molar refractivity (Wildman–Crippen MR) is 139 cm³/mol. The van der Waals surface area contributed by atoms with Crippen LogP contribution in [0, 0.1) is 5.41 Å².